The molecule has 0 aromatic heterocycles. The highest BCUT2D eigenvalue weighted by Crippen LogP contribution is 2.16. The molecular weight excluding hydrogens is 216 g/mol. The molecular formula is C13H20N2O2. The van der Waals surface area contributed by atoms with Crippen LogP contribution in [0.25, 0.3) is 0 Å². The number of nitrogens with two attached hydrogens (primary N) is 1. The van der Waals surface area contributed by atoms with E-state index < -0.39 is 6.04 Å². The third kappa shape index (κ3) is 3.84. The molecule has 1 aromatic rings. The minimum Gasteiger partial charge on any atom is -0.380 e. The van der Waals surface area contributed by atoms with Gasteiger partial charge in [0.2, 0.25) is 5.91 Å². The van der Waals surface area contributed by atoms with Gasteiger partial charge < -0.3 is 15.8 Å². The average Bonchev–Trinajstić information content (AvgIpc) is 2.30. The van der Waals surface area contributed by atoms with Gasteiger partial charge in [0, 0.05) is 18.4 Å². The Morgan fingerprint density at radius 3 is 2.65 bits per heavy atom. The first-order valence-corrected chi connectivity index (χ1v) is 5.69. The zero-order valence-electron chi connectivity index (χ0n) is 10.6. The van der Waals surface area contributed by atoms with Gasteiger partial charge in [0.1, 0.15) is 0 Å². The standard InChI is InChI=1S/C13H20N2O2/c1-9(2)12(14)13(16)15-11-7-5-4-6-10(11)8-17-3/h4-7,9,12H,8,14H2,1-3H3,(H,15,16)/t12-/m0/s1. The van der Waals surface area contributed by atoms with Crippen molar-refractivity contribution in [3.8, 4) is 0 Å². The van der Waals surface area contributed by atoms with Crippen molar-refractivity contribution in [1.82, 2.24) is 0 Å². The molecule has 1 aromatic carbocycles. The van der Waals surface area contributed by atoms with Gasteiger partial charge in [-0.3, -0.25) is 4.79 Å². The van der Waals surface area contributed by atoms with Crippen molar-refractivity contribution in [3.63, 3.8) is 0 Å². The van der Waals surface area contributed by atoms with E-state index in [4.69, 9.17) is 10.5 Å². The lowest BCUT2D eigenvalue weighted by Gasteiger charge is -2.17. The Labute approximate surface area is 102 Å². The highest BCUT2D eigenvalue weighted by molar-refractivity contribution is 5.95. The van der Waals surface area contributed by atoms with Crippen LogP contribution < -0.4 is 11.1 Å². The summed E-state index contributed by atoms with van der Waals surface area (Å²) in [5.41, 5.74) is 7.49. The van der Waals surface area contributed by atoms with Gasteiger partial charge in [-0.15, -0.1) is 0 Å². The first kappa shape index (κ1) is 13.7. The van der Waals surface area contributed by atoms with E-state index in [0.717, 1.165) is 11.3 Å². The van der Waals surface area contributed by atoms with Crippen LogP contribution in [0.1, 0.15) is 19.4 Å². The lowest BCUT2D eigenvalue weighted by Crippen LogP contribution is -2.39. The molecule has 17 heavy (non-hydrogen) atoms. The zero-order valence-corrected chi connectivity index (χ0v) is 10.6. The Bertz CT molecular complexity index is 377. The number of rotatable bonds is 5. The van der Waals surface area contributed by atoms with Gasteiger partial charge in [0.05, 0.1) is 12.6 Å². The third-order valence-electron chi connectivity index (χ3n) is 2.60. The first-order chi connectivity index (χ1) is 8.06. The van der Waals surface area contributed by atoms with Crippen LogP contribution >= 0.6 is 0 Å². The molecule has 0 heterocycles. The van der Waals surface area contributed by atoms with E-state index in [9.17, 15) is 4.79 Å². The molecule has 0 spiro atoms. The molecule has 0 radical (unpaired) electrons. The van der Waals surface area contributed by atoms with E-state index in [1.165, 1.54) is 0 Å². The fourth-order valence-corrected chi connectivity index (χ4v) is 1.44. The smallest absolute Gasteiger partial charge is 0.241 e. The number of ether oxygens (including phenoxy) is 1. The van der Waals surface area contributed by atoms with Crippen LogP contribution in [0.5, 0.6) is 0 Å². The molecule has 0 saturated carbocycles. The van der Waals surface area contributed by atoms with Gasteiger partial charge in [0.15, 0.2) is 0 Å². The number of carbonyl (C=O) groups excluding carboxylic acids is 1. The number of amides is 1. The Morgan fingerprint density at radius 2 is 2.06 bits per heavy atom. The van der Waals surface area contributed by atoms with Crippen LogP contribution in [-0.4, -0.2) is 19.1 Å². The SMILES string of the molecule is COCc1ccccc1NC(=O)[C@@H](N)C(C)C. The molecule has 0 aliphatic heterocycles. The number of nitrogens with one attached hydrogen (secondary N) is 1. The van der Waals surface area contributed by atoms with E-state index >= 15 is 0 Å². The fourth-order valence-electron chi connectivity index (χ4n) is 1.44. The Balaban J connectivity index is 2.77. The molecule has 0 fully saturated rings. The molecule has 1 amide bonds. The summed E-state index contributed by atoms with van der Waals surface area (Å²) in [4.78, 5) is 11.8. The Kier molecular flexibility index (Phi) is 5.12. The topological polar surface area (TPSA) is 64.3 Å². The summed E-state index contributed by atoms with van der Waals surface area (Å²) in [6, 6.07) is 7.05. The van der Waals surface area contributed by atoms with Gasteiger partial charge in [-0.1, -0.05) is 32.0 Å². The van der Waals surface area contributed by atoms with Gasteiger partial charge in [-0.2, -0.15) is 0 Å². The van der Waals surface area contributed by atoms with E-state index in [1.807, 2.05) is 38.1 Å². The maximum atomic E-state index is 11.8. The Morgan fingerprint density at radius 1 is 1.41 bits per heavy atom. The van der Waals surface area contributed by atoms with Gasteiger partial charge >= 0.3 is 0 Å². The van der Waals surface area contributed by atoms with E-state index in [2.05, 4.69) is 5.32 Å². The summed E-state index contributed by atoms with van der Waals surface area (Å²) >= 11 is 0. The number of carbonyl (C=O) groups is 1. The monoisotopic (exact) mass is 236 g/mol. The van der Waals surface area contributed by atoms with Gasteiger partial charge in [-0.25, -0.2) is 0 Å². The molecule has 1 atom stereocenters. The van der Waals surface area contributed by atoms with Crippen molar-refractivity contribution < 1.29 is 9.53 Å². The van der Waals surface area contributed by atoms with Crippen LogP contribution in [0.4, 0.5) is 5.69 Å². The highest BCUT2D eigenvalue weighted by Gasteiger charge is 2.17. The molecule has 0 aliphatic rings. The first-order valence-electron chi connectivity index (χ1n) is 5.69. The second-order valence-corrected chi connectivity index (χ2v) is 4.35. The minimum atomic E-state index is -0.495. The summed E-state index contributed by atoms with van der Waals surface area (Å²) in [6.45, 7) is 4.31. The van der Waals surface area contributed by atoms with Crippen molar-refractivity contribution in [2.24, 2.45) is 11.7 Å². The quantitative estimate of drug-likeness (QED) is 0.818. The number of benzene rings is 1. The van der Waals surface area contributed by atoms with Crippen molar-refractivity contribution in [2.45, 2.75) is 26.5 Å². The van der Waals surface area contributed by atoms with Gasteiger partial charge in [-0.05, 0) is 12.0 Å². The largest absolute Gasteiger partial charge is 0.380 e. The molecule has 4 heteroatoms. The molecule has 94 valence electrons. The number of hydrogen-bond acceptors (Lipinski definition) is 3. The van der Waals surface area contributed by atoms with Crippen LogP contribution in [-0.2, 0) is 16.1 Å². The summed E-state index contributed by atoms with van der Waals surface area (Å²) < 4.78 is 5.08. The fraction of sp³-hybridized carbons (Fsp3) is 0.462. The van der Waals surface area contributed by atoms with Crippen molar-refractivity contribution in [2.75, 3.05) is 12.4 Å². The van der Waals surface area contributed by atoms with Crippen LogP contribution in [0.3, 0.4) is 0 Å². The van der Waals surface area contributed by atoms with Crippen molar-refractivity contribution >= 4 is 11.6 Å². The molecule has 1 rings (SSSR count). The second-order valence-electron chi connectivity index (χ2n) is 4.35. The molecule has 4 nitrogen and oxygen atoms in total. The summed E-state index contributed by atoms with van der Waals surface area (Å²) in [7, 11) is 1.62. The van der Waals surface area contributed by atoms with E-state index in [1.54, 1.807) is 7.11 Å². The third-order valence-corrected chi connectivity index (χ3v) is 2.60. The maximum absolute atomic E-state index is 11.8. The number of anilines is 1. The van der Waals surface area contributed by atoms with E-state index in [-0.39, 0.29) is 11.8 Å². The lowest BCUT2D eigenvalue weighted by atomic mass is 10.0. The minimum absolute atomic E-state index is 0.115. The molecule has 0 aliphatic carbocycles. The summed E-state index contributed by atoms with van der Waals surface area (Å²) in [5, 5.41) is 2.83. The average molecular weight is 236 g/mol. The number of methoxy groups -OCH3 is 1. The van der Waals surface area contributed by atoms with E-state index in [0.29, 0.717) is 6.61 Å². The zero-order chi connectivity index (χ0) is 12.8. The van der Waals surface area contributed by atoms with Crippen LogP contribution in [0, 0.1) is 5.92 Å². The van der Waals surface area contributed by atoms with Crippen molar-refractivity contribution in [3.05, 3.63) is 29.8 Å². The Hall–Kier alpha value is -1.39. The van der Waals surface area contributed by atoms with Crippen molar-refractivity contribution in [1.29, 1.82) is 0 Å². The lowest BCUT2D eigenvalue weighted by molar-refractivity contribution is -0.118. The van der Waals surface area contributed by atoms with Crippen LogP contribution in [0.2, 0.25) is 0 Å². The summed E-state index contributed by atoms with van der Waals surface area (Å²) in [6.07, 6.45) is 0. The number of hydrogen-bond donors (Lipinski definition) is 2. The molecule has 3 N–H and O–H groups in total. The predicted octanol–water partition coefficient (Wildman–Crippen LogP) is 1.75. The summed E-state index contributed by atoms with van der Waals surface area (Å²) in [5.74, 6) is -0.0480. The maximum Gasteiger partial charge on any atom is 0.241 e. The second kappa shape index (κ2) is 6.37. The predicted molar refractivity (Wildman–Crippen MR) is 68.6 cm³/mol. The molecule has 0 bridgehead atoms. The highest BCUT2D eigenvalue weighted by atomic mass is 16.5. The normalized spacial score (nSPS) is 12.5. The van der Waals surface area contributed by atoms with Crippen LogP contribution in [0.15, 0.2) is 24.3 Å². The van der Waals surface area contributed by atoms with Gasteiger partial charge in [0.25, 0.3) is 0 Å². The molecule has 0 unspecified atom stereocenters. The molecule has 0 saturated heterocycles. The number of para-hydroxylation sites is 1.